The smallest absolute Gasteiger partial charge is 0.252 e. The number of nitrogens with zero attached hydrogens (tertiary/aromatic N) is 1. The summed E-state index contributed by atoms with van der Waals surface area (Å²) in [7, 11) is 1.46. The van der Waals surface area contributed by atoms with Gasteiger partial charge in [-0.15, -0.1) is 0 Å². The van der Waals surface area contributed by atoms with Crippen LogP contribution in [0.2, 0.25) is 0 Å². The molecule has 1 aromatic rings. The predicted molar refractivity (Wildman–Crippen MR) is 43.7 cm³/mol. The third-order valence-electron chi connectivity index (χ3n) is 1.37. The molecule has 0 unspecified atom stereocenters. The van der Waals surface area contributed by atoms with Crippen molar-refractivity contribution in [3.8, 4) is 5.88 Å². The molecule has 0 aliphatic rings. The number of ether oxygens (including phenoxy) is 1. The van der Waals surface area contributed by atoms with E-state index in [2.05, 4.69) is 4.98 Å². The Labute approximate surface area is 69.3 Å². The molecule has 0 aromatic carbocycles. The van der Waals surface area contributed by atoms with Gasteiger partial charge < -0.3 is 16.2 Å². The summed E-state index contributed by atoms with van der Waals surface area (Å²) < 4.78 is 4.79. The number of hydrogen-bond donors (Lipinski definition) is 2. The van der Waals surface area contributed by atoms with E-state index in [0.29, 0.717) is 5.88 Å². The minimum atomic E-state index is -0.595. The summed E-state index contributed by atoms with van der Waals surface area (Å²) in [5.41, 5.74) is 10.6. The molecule has 1 amide bonds. The first-order valence-corrected chi connectivity index (χ1v) is 3.25. The molecule has 0 spiro atoms. The molecule has 5 heteroatoms. The van der Waals surface area contributed by atoms with Gasteiger partial charge in [-0.1, -0.05) is 0 Å². The van der Waals surface area contributed by atoms with E-state index in [-0.39, 0.29) is 11.4 Å². The fourth-order valence-corrected chi connectivity index (χ4v) is 0.778. The lowest BCUT2D eigenvalue weighted by molar-refractivity contribution is 0.100. The van der Waals surface area contributed by atoms with Crippen molar-refractivity contribution in [2.75, 3.05) is 12.8 Å². The highest BCUT2D eigenvalue weighted by Gasteiger charge is 2.06. The van der Waals surface area contributed by atoms with Gasteiger partial charge in [0.1, 0.15) is 5.82 Å². The first kappa shape index (κ1) is 8.32. The number of methoxy groups -OCH3 is 1. The molecule has 0 aliphatic carbocycles. The fraction of sp³-hybridized carbons (Fsp3) is 0.143. The number of nitrogens with two attached hydrogens (primary N) is 2. The Morgan fingerprint density at radius 3 is 2.67 bits per heavy atom. The molecule has 4 N–H and O–H groups in total. The van der Waals surface area contributed by atoms with Gasteiger partial charge in [0.05, 0.1) is 12.7 Å². The first-order valence-electron chi connectivity index (χ1n) is 3.25. The molecule has 0 atom stereocenters. The maximum absolute atomic E-state index is 10.7. The van der Waals surface area contributed by atoms with Crippen LogP contribution in [0.1, 0.15) is 10.4 Å². The minimum absolute atomic E-state index is 0.0850. The van der Waals surface area contributed by atoms with Crippen LogP contribution in [-0.4, -0.2) is 18.0 Å². The van der Waals surface area contributed by atoms with E-state index in [1.807, 2.05) is 0 Å². The largest absolute Gasteiger partial charge is 0.481 e. The molecule has 0 saturated carbocycles. The van der Waals surface area contributed by atoms with E-state index in [4.69, 9.17) is 16.2 Å². The van der Waals surface area contributed by atoms with E-state index in [1.54, 1.807) is 0 Å². The number of nitrogen functional groups attached to an aromatic ring is 1. The molecule has 1 aromatic heterocycles. The Balaban J connectivity index is 3.12. The Hall–Kier alpha value is -1.78. The van der Waals surface area contributed by atoms with Gasteiger partial charge in [-0.25, -0.2) is 0 Å². The lowest BCUT2D eigenvalue weighted by Crippen LogP contribution is -2.14. The van der Waals surface area contributed by atoms with Gasteiger partial charge in [-0.2, -0.15) is 4.98 Å². The number of rotatable bonds is 2. The van der Waals surface area contributed by atoms with Crippen LogP contribution in [0.25, 0.3) is 0 Å². The monoisotopic (exact) mass is 167 g/mol. The number of anilines is 1. The van der Waals surface area contributed by atoms with Crippen molar-refractivity contribution in [1.29, 1.82) is 0 Å². The van der Waals surface area contributed by atoms with E-state index in [9.17, 15) is 4.79 Å². The molecule has 64 valence electrons. The highest BCUT2D eigenvalue weighted by atomic mass is 16.5. The zero-order valence-corrected chi connectivity index (χ0v) is 6.57. The van der Waals surface area contributed by atoms with Gasteiger partial charge in [0.2, 0.25) is 5.88 Å². The summed E-state index contributed by atoms with van der Waals surface area (Å²) in [4.78, 5) is 14.5. The summed E-state index contributed by atoms with van der Waals surface area (Å²) in [5, 5.41) is 0. The van der Waals surface area contributed by atoms with Crippen molar-refractivity contribution < 1.29 is 9.53 Å². The third-order valence-corrected chi connectivity index (χ3v) is 1.37. The fourth-order valence-electron chi connectivity index (χ4n) is 0.778. The topological polar surface area (TPSA) is 91.2 Å². The number of pyridine rings is 1. The van der Waals surface area contributed by atoms with Gasteiger partial charge in [0, 0.05) is 6.07 Å². The van der Waals surface area contributed by atoms with Crippen molar-refractivity contribution in [2.24, 2.45) is 5.73 Å². The summed E-state index contributed by atoms with van der Waals surface area (Å²) in [5.74, 6) is -0.151. The van der Waals surface area contributed by atoms with Gasteiger partial charge in [0.15, 0.2) is 0 Å². The number of carbonyl (C=O) groups excluding carboxylic acids is 1. The Kier molecular flexibility index (Phi) is 2.14. The molecular formula is C7H9N3O2. The zero-order valence-electron chi connectivity index (χ0n) is 6.57. The maximum Gasteiger partial charge on any atom is 0.252 e. The Morgan fingerprint density at radius 1 is 1.58 bits per heavy atom. The van der Waals surface area contributed by atoms with E-state index in [1.165, 1.54) is 19.2 Å². The van der Waals surface area contributed by atoms with E-state index < -0.39 is 5.91 Å². The van der Waals surface area contributed by atoms with Crippen molar-refractivity contribution in [1.82, 2.24) is 4.98 Å². The molecule has 1 rings (SSSR count). The molecule has 0 bridgehead atoms. The third kappa shape index (κ3) is 1.45. The molecule has 0 saturated heterocycles. The molecular weight excluding hydrogens is 158 g/mol. The van der Waals surface area contributed by atoms with Gasteiger partial charge in [-0.3, -0.25) is 4.79 Å². The number of hydrogen-bond acceptors (Lipinski definition) is 4. The quantitative estimate of drug-likeness (QED) is 0.636. The van der Waals surface area contributed by atoms with Gasteiger partial charge in [0.25, 0.3) is 5.91 Å². The second kappa shape index (κ2) is 3.08. The molecule has 1 heterocycles. The average molecular weight is 167 g/mol. The van der Waals surface area contributed by atoms with Crippen LogP contribution < -0.4 is 16.2 Å². The minimum Gasteiger partial charge on any atom is -0.481 e. The van der Waals surface area contributed by atoms with Crippen LogP contribution in [0.3, 0.4) is 0 Å². The number of carbonyl (C=O) groups is 1. The van der Waals surface area contributed by atoms with E-state index >= 15 is 0 Å². The molecule has 5 nitrogen and oxygen atoms in total. The van der Waals surface area contributed by atoms with Crippen LogP contribution in [0, 0.1) is 0 Å². The lowest BCUT2D eigenvalue weighted by atomic mass is 10.2. The summed E-state index contributed by atoms with van der Waals surface area (Å²) in [6.07, 6.45) is 0. The van der Waals surface area contributed by atoms with Crippen LogP contribution in [0.4, 0.5) is 5.82 Å². The molecule has 0 radical (unpaired) electrons. The zero-order chi connectivity index (χ0) is 9.14. The highest BCUT2D eigenvalue weighted by Crippen LogP contribution is 2.13. The normalized spacial score (nSPS) is 9.42. The number of amides is 1. The van der Waals surface area contributed by atoms with Crippen molar-refractivity contribution in [3.63, 3.8) is 0 Å². The summed E-state index contributed by atoms with van der Waals surface area (Å²) in [6, 6.07) is 3.00. The lowest BCUT2D eigenvalue weighted by Gasteiger charge is -2.02. The van der Waals surface area contributed by atoms with E-state index in [0.717, 1.165) is 0 Å². The van der Waals surface area contributed by atoms with Gasteiger partial charge in [-0.05, 0) is 6.07 Å². The van der Waals surface area contributed by atoms with Crippen LogP contribution >= 0.6 is 0 Å². The molecule has 0 aliphatic heterocycles. The maximum atomic E-state index is 10.7. The standard InChI is InChI=1S/C7H9N3O2/c1-12-5-3-2-4(7(9)11)6(8)10-5/h2-3H,1H3,(H2,8,10)(H2,9,11). The SMILES string of the molecule is COc1ccc(C(N)=O)c(N)n1. The van der Waals surface area contributed by atoms with Crippen molar-refractivity contribution in [3.05, 3.63) is 17.7 Å². The highest BCUT2D eigenvalue weighted by molar-refractivity contribution is 5.97. The summed E-state index contributed by atoms with van der Waals surface area (Å²) >= 11 is 0. The number of primary amides is 1. The van der Waals surface area contributed by atoms with Crippen LogP contribution in [-0.2, 0) is 0 Å². The second-order valence-corrected chi connectivity index (χ2v) is 2.15. The molecule has 0 fully saturated rings. The average Bonchev–Trinajstić information content (AvgIpc) is 2.03. The van der Waals surface area contributed by atoms with Gasteiger partial charge >= 0.3 is 0 Å². The number of aromatic nitrogens is 1. The van der Waals surface area contributed by atoms with Crippen LogP contribution in [0.5, 0.6) is 5.88 Å². The summed E-state index contributed by atoms with van der Waals surface area (Å²) in [6.45, 7) is 0. The Bertz CT molecular complexity index is 312. The van der Waals surface area contributed by atoms with Crippen molar-refractivity contribution in [2.45, 2.75) is 0 Å². The first-order chi connectivity index (χ1) is 5.65. The second-order valence-electron chi connectivity index (χ2n) is 2.15. The predicted octanol–water partition coefficient (Wildman–Crippen LogP) is -0.229. The molecule has 12 heavy (non-hydrogen) atoms. The van der Waals surface area contributed by atoms with Crippen LogP contribution in [0.15, 0.2) is 12.1 Å². The van der Waals surface area contributed by atoms with Crippen molar-refractivity contribution >= 4 is 11.7 Å². The Morgan fingerprint density at radius 2 is 2.25 bits per heavy atom.